The van der Waals surface area contributed by atoms with Gasteiger partial charge in [0.25, 0.3) is 0 Å². The molecule has 110 valence electrons. The van der Waals surface area contributed by atoms with Gasteiger partial charge in [0.1, 0.15) is 0 Å². The lowest BCUT2D eigenvalue weighted by molar-refractivity contribution is 0.338. The maximum atomic E-state index is 12.5. The monoisotopic (exact) mass is 294 g/mol. The number of sulfonamides is 1. The lowest BCUT2D eigenvalue weighted by Gasteiger charge is -2.22. The van der Waals surface area contributed by atoms with Crippen molar-refractivity contribution in [3.63, 3.8) is 0 Å². The van der Waals surface area contributed by atoms with E-state index in [0.717, 1.165) is 31.5 Å². The minimum atomic E-state index is -3.12. The fraction of sp³-hybridized carbons (Fsp3) is 0.600. The van der Waals surface area contributed by atoms with Crippen molar-refractivity contribution in [3.8, 4) is 0 Å². The quantitative estimate of drug-likeness (QED) is 0.909. The zero-order chi connectivity index (χ0) is 14.1. The Morgan fingerprint density at radius 3 is 2.70 bits per heavy atom. The van der Waals surface area contributed by atoms with Gasteiger partial charge in [-0.25, -0.2) is 12.7 Å². The van der Waals surface area contributed by atoms with E-state index in [9.17, 15) is 8.42 Å². The van der Waals surface area contributed by atoms with E-state index in [-0.39, 0.29) is 11.2 Å². The second-order valence-electron chi connectivity index (χ2n) is 6.06. The summed E-state index contributed by atoms with van der Waals surface area (Å²) in [5.41, 5.74) is 1.30. The highest BCUT2D eigenvalue weighted by atomic mass is 32.2. The van der Waals surface area contributed by atoms with Gasteiger partial charge in [-0.1, -0.05) is 30.3 Å². The van der Waals surface area contributed by atoms with Crippen molar-refractivity contribution in [1.82, 2.24) is 9.62 Å². The molecule has 1 spiro atoms. The summed E-state index contributed by atoms with van der Waals surface area (Å²) in [5, 5.41) is 3.36. The fourth-order valence-electron chi connectivity index (χ4n) is 3.30. The van der Waals surface area contributed by atoms with Gasteiger partial charge in [-0.3, -0.25) is 0 Å². The van der Waals surface area contributed by atoms with Gasteiger partial charge in [0, 0.05) is 19.6 Å². The van der Waals surface area contributed by atoms with Crippen molar-refractivity contribution in [2.24, 2.45) is 5.41 Å². The molecule has 0 aromatic heterocycles. The first-order valence-corrected chi connectivity index (χ1v) is 8.93. The van der Waals surface area contributed by atoms with Gasteiger partial charge >= 0.3 is 0 Å². The standard InChI is InChI=1S/C15H22N2O2S/c18-20(19,11-6-14-4-2-1-3-5-14)17-10-8-15(13-17)7-9-16-12-15/h1-5,16H,6-13H2. The Balaban J connectivity index is 1.61. The summed E-state index contributed by atoms with van der Waals surface area (Å²) in [6, 6.07) is 9.84. The van der Waals surface area contributed by atoms with Crippen LogP contribution in [-0.2, 0) is 16.4 Å². The molecule has 0 bridgehead atoms. The minimum absolute atomic E-state index is 0.208. The number of hydrogen-bond donors (Lipinski definition) is 1. The highest BCUT2D eigenvalue weighted by molar-refractivity contribution is 7.89. The van der Waals surface area contributed by atoms with Crippen molar-refractivity contribution >= 4 is 10.0 Å². The van der Waals surface area contributed by atoms with Gasteiger partial charge in [0.2, 0.25) is 10.0 Å². The molecule has 5 heteroatoms. The first-order valence-electron chi connectivity index (χ1n) is 7.32. The number of rotatable bonds is 4. The molecular formula is C15H22N2O2S. The largest absolute Gasteiger partial charge is 0.316 e. The number of nitrogens with one attached hydrogen (secondary N) is 1. The van der Waals surface area contributed by atoms with Crippen molar-refractivity contribution < 1.29 is 8.42 Å². The van der Waals surface area contributed by atoms with Crippen LogP contribution in [0.3, 0.4) is 0 Å². The number of aryl methyl sites for hydroxylation is 1. The van der Waals surface area contributed by atoms with E-state index in [1.54, 1.807) is 4.31 Å². The zero-order valence-corrected chi connectivity index (χ0v) is 12.5. The number of hydrogen-bond acceptors (Lipinski definition) is 3. The van der Waals surface area contributed by atoms with E-state index in [4.69, 9.17) is 0 Å². The Morgan fingerprint density at radius 2 is 2.00 bits per heavy atom. The van der Waals surface area contributed by atoms with Crippen LogP contribution in [0.5, 0.6) is 0 Å². The van der Waals surface area contributed by atoms with Crippen molar-refractivity contribution in [2.45, 2.75) is 19.3 Å². The molecule has 1 unspecified atom stereocenters. The maximum Gasteiger partial charge on any atom is 0.214 e. The van der Waals surface area contributed by atoms with E-state index in [2.05, 4.69) is 5.32 Å². The van der Waals surface area contributed by atoms with Gasteiger partial charge in [0.05, 0.1) is 5.75 Å². The Labute approximate surface area is 121 Å². The summed E-state index contributed by atoms with van der Waals surface area (Å²) < 4.78 is 26.6. The molecule has 2 heterocycles. The van der Waals surface area contributed by atoms with E-state index >= 15 is 0 Å². The fourth-order valence-corrected chi connectivity index (χ4v) is 4.89. The molecule has 0 radical (unpaired) electrons. The predicted molar refractivity (Wildman–Crippen MR) is 80.0 cm³/mol. The first-order chi connectivity index (χ1) is 9.60. The topological polar surface area (TPSA) is 49.4 Å². The first kappa shape index (κ1) is 14.0. The normalized spacial score (nSPS) is 27.4. The molecule has 3 rings (SSSR count). The SMILES string of the molecule is O=S(=O)(CCc1ccccc1)N1CCC2(CCNC2)C1. The second kappa shape index (κ2) is 5.47. The molecule has 20 heavy (non-hydrogen) atoms. The third-order valence-electron chi connectivity index (χ3n) is 4.62. The van der Waals surface area contributed by atoms with E-state index < -0.39 is 10.0 Å². The maximum absolute atomic E-state index is 12.5. The molecule has 2 aliphatic rings. The highest BCUT2D eigenvalue weighted by Crippen LogP contribution is 2.37. The average Bonchev–Trinajstić information content (AvgIpc) is 3.09. The summed E-state index contributed by atoms with van der Waals surface area (Å²) in [4.78, 5) is 0. The Morgan fingerprint density at radius 1 is 1.20 bits per heavy atom. The van der Waals surface area contributed by atoms with Gasteiger partial charge in [0.15, 0.2) is 0 Å². The molecule has 1 aromatic rings. The third kappa shape index (κ3) is 2.90. The minimum Gasteiger partial charge on any atom is -0.316 e. The molecule has 2 saturated heterocycles. The molecule has 2 aliphatic heterocycles. The summed E-state index contributed by atoms with van der Waals surface area (Å²) in [6.07, 6.45) is 2.72. The van der Waals surface area contributed by atoms with Crippen LogP contribution in [0.1, 0.15) is 18.4 Å². The van der Waals surface area contributed by atoms with Gasteiger partial charge in [-0.05, 0) is 36.8 Å². The van der Waals surface area contributed by atoms with Gasteiger partial charge in [-0.2, -0.15) is 0 Å². The smallest absolute Gasteiger partial charge is 0.214 e. The van der Waals surface area contributed by atoms with Crippen LogP contribution in [0.25, 0.3) is 0 Å². The Hall–Kier alpha value is -0.910. The van der Waals surface area contributed by atoms with Crippen LogP contribution >= 0.6 is 0 Å². The second-order valence-corrected chi connectivity index (χ2v) is 8.15. The molecule has 0 amide bonds. The van der Waals surface area contributed by atoms with E-state index in [0.29, 0.717) is 19.5 Å². The molecule has 4 nitrogen and oxygen atoms in total. The van der Waals surface area contributed by atoms with Gasteiger partial charge < -0.3 is 5.32 Å². The zero-order valence-electron chi connectivity index (χ0n) is 11.7. The van der Waals surface area contributed by atoms with Gasteiger partial charge in [-0.15, -0.1) is 0 Å². The van der Waals surface area contributed by atoms with Crippen LogP contribution in [0.15, 0.2) is 30.3 Å². The van der Waals surface area contributed by atoms with E-state index in [1.165, 1.54) is 0 Å². The van der Waals surface area contributed by atoms with Crippen LogP contribution in [0.2, 0.25) is 0 Å². The van der Waals surface area contributed by atoms with E-state index in [1.807, 2.05) is 30.3 Å². The van der Waals surface area contributed by atoms with Crippen LogP contribution in [0.4, 0.5) is 0 Å². The molecule has 0 saturated carbocycles. The summed E-state index contributed by atoms with van der Waals surface area (Å²) in [7, 11) is -3.12. The summed E-state index contributed by atoms with van der Waals surface area (Å²) >= 11 is 0. The lowest BCUT2D eigenvalue weighted by atomic mass is 9.87. The van der Waals surface area contributed by atoms with Crippen LogP contribution in [0, 0.1) is 5.41 Å². The number of benzene rings is 1. The predicted octanol–water partition coefficient (Wildman–Crippen LogP) is 1.24. The summed E-state index contributed by atoms with van der Waals surface area (Å²) in [6.45, 7) is 3.39. The Kier molecular flexibility index (Phi) is 3.84. The van der Waals surface area contributed by atoms with Crippen molar-refractivity contribution in [2.75, 3.05) is 31.9 Å². The summed E-state index contributed by atoms with van der Waals surface area (Å²) in [5.74, 6) is 0.223. The third-order valence-corrected chi connectivity index (χ3v) is 6.44. The highest BCUT2D eigenvalue weighted by Gasteiger charge is 2.43. The molecular weight excluding hydrogens is 272 g/mol. The molecule has 2 fully saturated rings. The molecule has 1 aromatic carbocycles. The van der Waals surface area contributed by atoms with Crippen LogP contribution in [-0.4, -0.2) is 44.7 Å². The Bertz CT molecular complexity index is 550. The van der Waals surface area contributed by atoms with Crippen LogP contribution < -0.4 is 5.32 Å². The average molecular weight is 294 g/mol. The lowest BCUT2D eigenvalue weighted by Crippen LogP contribution is -2.35. The van der Waals surface area contributed by atoms with Crippen molar-refractivity contribution in [1.29, 1.82) is 0 Å². The molecule has 0 aliphatic carbocycles. The van der Waals surface area contributed by atoms with Crippen molar-refractivity contribution in [3.05, 3.63) is 35.9 Å². The molecule has 1 atom stereocenters. The number of nitrogens with zero attached hydrogens (tertiary/aromatic N) is 1. The molecule has 1 N–H and O–H groups in total.